The number of fused-ring (bicyclic) bond motifs is 1. The van der Waals surface area contributed by atoms with Gasteiger partial charge < -0.3 is 5.11 Å². The molecule has 2 rings (SSSR count). The molecule has 0 aromatic heterocycles. The minimum absolute atomic E-state index is 0.150. The van der Waals surface area contributed by atoms with Crippen molar-refractivity contribution < 1.29 is 5.11 Å². The Bertz CT molecular complexity index is 364. The highest BCUT2D eigenvalue weighted by Crippen LogP contribution is 2.41. The van der Waals surface area contributed by atoms with Crippen LogP contribution in [0.1, 0.15) is 56.9 Å². The quantitative estimate of drug-likeness (QED) is 0.726. The van der Waals surface area contributed by atoms with Crippen molar-refractivity contribution >= 4 is 11.8 Å². The van der Waals surface area contributed by atoms with Crippen LogP contribution < -0.4 is 0 Å². The molecular weight excluding hydrogens is 240 g/mol. The average molecular weight is 264 g/mol. The molecule has 18 heavy (non-hydrogen) atoms. The number of hydrogen-bond acceptors (Lipinski definition) is 2. The molecule has 1 aliphatic heterocycles. The molecule has 0 aliphatic carbocycles. The molecule has 1 heterocycles. The summed E-state index contributed by atoms with van der Waals surface area (Å²) < 4.78 is 0. The van der Waals surface area contributed by atoms with Gasteiger partial charge in [0.1, 0.15) is 0 Å². The monoisotopic (exact) mass is 264 g/mol. The summed E-state index contributed by atoms with van der Waals surface area (Å²) in [5, 5.41) is 10.3. The first-order valence-electron chi connectivity index (χ1n) is 7.22. The van der Waals surface area contributed by atoms with Crippen LogP contribution in [0.2, 0.25) is 0 Å². The molecule has 0 amide bonds. The van der Waals surface area contributed by atoms with Crippen LogP contribution in [0, 0.1) is 0 Å². The van der Waals surface area contributed by atoms with Crippen molar-refractivity contribution in [2.45, 2.75) is 62.4 Å². The van der Waals surface area contributed by atoms with Crippen LogP contribution in [0.25, 0.3) is 0 Å². The summed E-state index contributed by atoms with van der Waals surface area (Å²) in [6.07, 6.45) is 7.19. The lowest BCUT2D eigenvalue weighted by Crippen LogP contribution is -2.18. The third-order valence-corrected chi connectivity index (χ3v) is 5.01. The zero-order chi connectivity index (χ0) is 12.8. The van der Waals surface area contributed by atoms with E-state index < -0.39 is 0 Å². The number of aliphatic hydroxyl groups excluding tert-OH is 1. The van der Waals surface area contributed by atoms with Crippen LogP contribution in [-0.2, 0) is 0 Å². The van der Waals surface area contributed by atoms with E-state index >= 15 is 0 Å². The van der Waals surface area contributed by atoms with Gasteiger partial charge in [-0.15, -0.1) is 11.8 Å². The van der Waals surface area contributed by atoms with E-state index in [1.807, 2.05) is 11.8 Å². The average Bonchev–Trinajstić information content (AvgIpc) is 2.82. The van der Waals surface area contributed by atoms with Crippen molar-refractivity contribution in [2.75, 3.05) is 5.75 Å². The minimum Gasteiger partial charge on any atom is -0.392 e. The third-order valence-electron chi connectivity index (χ3n) is 3.80. The number of rotatable bonds is 7. The van der Waals surface area contributed by atoms with Crippen LogP contribution in [0.15, 0.2) is 29.2 Å². The highest BCUT2D eigenvalue weighted by atomic mass is 32.2. The smallest absolute Gasteiger partial charge is 0.0617 e. The van der Waals surface area contributed by atoms with Crippen molar-refractivity contribution in [2.24, 2.45) is 0 Å². The van der Waals surface area contributed by atoms with E-state index in [0.717, 1.165) is 12.2 Å². The predicted octanol–water partition coefficient (Wildman–Crippen LogP) is 4.60. The van der Waals surface area contributed by atoms with E-state index in [9.17, 15) is 5.11 Å². The number of unbranched alkanes of at least 4 members (excludes halogenated alkanes) is 4. The van der Waals surface area contributed by atoms with Crippen LogP contribution >= 0.6 is 11.8 Å². The summed E-state index contributed by atoms with van der Waals surface area (Å²) in [5.74, 6) is 1.41. The molecule has 2 unspecified atom stereocenters. The van der Waals surface area contributed by atoms with E-state index in [1.54, 1.807) is 0 Å². The lowest BCUT2D eigenvalue weighted by molar-refractivity contribution is 0.138. The molecule has 0 bridgehead atoms. The van der Waals surface area contributed by atoms with E-state index in [-0.39, 0.29) is 6.10 Å². The van der Waals surface area contributed by atoms with Gasteiger partial charge in [0.15, 0.2) is 0 Å². The predicted molar refractivity (Wildman–Crippen MR) is 79.3 cm³/mol. The Kier molecular flexibility index (Phi) is 5.58. The Hall–Kier alpha value is -0.470. The van der Waals surface area contributed by atoms with E-state index in [4.69, 9.17) is 0 Å². The van der Waals surface area contributed by atoms with E-state index in [1.165, 1.54) is 42.6 Å². The highest BCUT2D eigenvalue weighted by molar-refractivity contribution is 7.99. The minimum atomic E-state index is -0.150. The molecule has 1 aromatic carbocycles. The molecule has 0 saturated carbocycles. The topological polar surface area (TPSA) is 20.2 Å². The van der Waals surface area contributed by atoms with Crippen LogP contribution in [-0.4, -0.2) is 17.0 Å². The molecular formula is C16H24OS. The van der Waals surface area contributed by atoms with Crippen LogP contribution in [0.4, 0.5) is 0 Å². The Morgan fingerprint density at radius 1 is 1.22 bits per heavy atom. The van der Waals surface area contributed by atoms with E-state index in [2.05, 4.69) is 31.2 Å². The lowest BCUT2D eigenvalue weighted by Gasteiger charge is -2.18. The van der Waals surface area contributed by atoms with Gasteiger partial charge in [-0.3, -0.25) is 0 Å². The van der Waals surface area contributed by atoms with Gasteiger partial charge >= 0.3 is 0 Å². The van der Waals surface area contributed by atoms with E-state index in [0.29, 0.717) is 5.92 Å². The zero-order valence-corrected chi connectivity index (χ0v) is 12.1. The Labute approximate surface area is 115 Å². The fourth-order valence-corrected chi connectivity index (χ4v) is 3.99. The lowest BCUT2D eigenvalue weighted by atomic mass is 9.92. The molecule has 1 aromatic rings. The Morgan fingerprint density at radius 2 is 2.00 bits per heavy atom. The van der Waals surface area contributed by atoms with Gasteiger partial charge in [0.2, 0.25) is 0 Å². The molecule has 100 valence electrons. The Morgan fingerprint density at radius 3 is 2.83 bits per heavy atom. The molecule has 0 fully saturated rings. The van der Waals surface area contributed by atoms with Crippen LogP contribution in [0.3, 0.4) is 0 Å². The number of aliphatic hydroxyl groups is 1. The summed E-state index contributed by atoms with van der Waals surface area (Å²) in [6.45, 7) is 2.24. The number of thioether (sulfide) groups is 1. The fraction of sp³-hybridized carbons (Fsp3) is 0.625. The summed E-state index contributed by atoms with van der Waals surface area (Å²) in [7, 11) is 0. The van der Waals surface area contributed by atoms with Gasteiger partial charge in [-0.05, 0) is 18.1 Å². The first kappa shape index (κ1) is 14.0. The molecule has 2 heteroatoms. The molecule has 1 aliphatic rings. The molecule has 0 saturated heterocycles. The number of benzene rings is 1. The maximum Gasteiger partial charge on any atom is 0.0617 e. The van der Waals surface area contributed by atoms with Crippen molar-refractivity contribution in [1.29, 1.82) is 0 Å². The van der Waals surface area contributed by atoms with Crippen molar-refractivity contribution in [1.82, 2.24) is 0 Å². The second-order valence-electron chi connectivity index (χ2n) is 5.23. The van der Waals surface area contributed by atoms with Crippen molar-refractivity contribution in [3.63, 3.8) is 0 Å². The molecule has 1 N–H and O–H groups in total. The van der Waals surface area contributed by atoms with Gasteiger partial charge in [-0.1, -0.05) is 57.2 Å². The maximum atomic E-state index is 10.3. The Balaban J connectivity index is 1.78. The third kappa shape index (κ3) is 3.52. The van der Waals surface area contributed by atoms with Gasteiger partial charge in [0.25, 0.3) is 0 Å². The van der Waals surface area contributed by atoms with Gasteiger partial charge in [0.05, 0.1) is 6.10 Å². The van der Waals surface area contributed by atoms with Crippen molar-refractivity contribution in [3.05, 3.63) is 29.8 Å². The number of hydrogen-bond donors (Lipinski definition) is 1. The maximum absolute atomic E-state index is 10.3. The summed E-state index contributed by atoms with van der Waals surface area (Å²) in [4.78, 5) is 1.37. The molecule has 0 radical (unpaired) electrons. The van der Waals surface area contributed by atoms with Gasteiger partial charge in [-0.25, -0.2) is 0 Å². The molecule has 0 spiro atoms. The first-order chi connectivity index (χ1) is 8.83. The fourth-order valence-electron chi connectivity index (χ4n) is 2.66. The second kappa shape index (κ2) is 7.20. The normalized spacial score (nSPS) is 19.8. The summed E-state index contributed by atoms with van der Waals surface area (Å²) in [6, 6.07) is 8.53. The van der Waals surface area contributed by atoms with Crippen LogP contribution in [0.5, 0.6) is 0 Å². The molecule has 1 nitrogen and oxygen atoms in total. The SMILES string of the molecule is CCCCCCCC(O)C1CSc2ccccc21. The largest absolute Gasteiger partial charge is 0.392 e. The highest BCUT2D eigenvalue weighted by Gasteiger charge is 2.28. The van der Waals surface area contributed by atoms with Gasteiger partial charge in [0, 0.05) is 16.6 Å². The summed E-state index contributed by atoms with van der Waals surface area (Å²) in [5.41, 5.74) is 1.36. The summed E-state index contributed by atoms with van der Waals surface area (Å²) >= 11 is 1.89. The first-order valence-corrected chi connectivity index (χ1v) is 8.21. The molecule has 2 atom stereocenters. The standard InChI is InChI=1S/C16H24OS/c1-2-3-4-5-6-10-15(17)14-12-18-16-11-8-7-9-13(14)16/h7-9,11,14-15,17H,2-6,10,12H2,1H3. The zero-order valence-electron chi connectivity index (χ0n) is 11.3. The van der Waals surface area contributed by atoms with Crippen molar-refractivity contribution in [3.8, 4) is 0 Å². The second-order valence-corrected chi connectivity index (χ2v) is 6.29. The van der Waals surface area contributed by atoms with Gasteiger partial charge in [-0.2, -0.15) is 0 Å².